The van der Waals surface area contributed by atoms with Crippen molar-refractivity contribution in [1.82, 2.24) is 0 Å². The van der Waals surface area contributed by atoms with Crippen molar-refractivity contribution in [1.29, 1.82) is 5.26 Å². The van der Waals surface area contributed by atoms with Crippen LogP contribution >= 0.6 is 11.6 Å². The number of esters is 2. The zero-order valence-corrected chi connectivity index (χ0v) is 12.2. The van der Waals surface area contributed by atoms with E-state index in [2.05, 4.69) is 10.1 Å². The molecule has 0 saturated carbocycles. The van der Waals surface area contributed by atoms with Gasteiger partial charge in [-0.15, -0.1) is 0 Å². The van der Waals surface area contributed by atoms with Crippen molar-refractivity contribution in [2.75, 3.05) is 19.0 Å². The molecule has 0 aliphatic heterocycles. The summed E-state index contributed by atoms with van der Waals surface area (Å²) in [5.41, 5.74) is 0.322. The molecule has 0 heterocycles. The lowest BCUT2D eigenvalue weighted by atomic mass is 10.2. The summed E-state index contributed by atoms with van der Waals surface area (Å²) < 4.78 is 9.31. The van der Waals surface area contributed by atoms with Gasteiger partial charge in [-0.25, -0.2) is 9.59 Å². The Bertz CT molecular complexity index is 620. The van der Waals surface area contributed by atoms with Gasteiger partial charge in [-0.2, -0.15) is 5.26 Å². The van der Waals surface area contributed by atoms with Gasteiger partial charge in [-0.05, 0) is 19.1 Å². The molecule has 0 saturated heterocycles. The first-order chi connectivity index (χ1) is 10.0. The number of hydrogen-bond donors (Lipinski definition) is 1. The highest BCUT2D eigenvalue weighted by Crippen LogP contribution is 2.26. The predicted molar refractivity (Wildman–Crippen MR) is 76.7 cm³/mol. The number of anilines is 1. The number of halogens is 1. The number of methoxy groups -OCH3 is 1. The van der Waals surface area contributed by atoms with Crippen molar-refractivity contribution in [3.05, 3.63) is 40.6 Å². The molecule has 0 radical (unpaired) electrons. The third-order valence-corrected chi connectivity index (χ3v) is 2.80. The van der Waals surface area contributed by atoms with Gasteiger partial charge in [0.2, 0.25) is 0 Å². The lowest BCUT2D eigenvalue weighted by molar-refractivity contribution is -0.135. The highest BCUT2D eigenvalue weighted by Gasteiger charge is 2.14. The Morgan fingerprint density at radius 3 is 2.76 bits per heavy atom. The van der Waals surface area contributed by atoms with Gasteiger partial charge in [-0.1, -0.05) is 17.7 Å². The third kappa shape index (κ3) is 4.23. The molecule has 1 rings (SSSR count). The van der Waals surface area contributed by atoms with Gasteiger partial charge in [-0.3, -0.25) is 0 Å². The highest BCUT2D eigenvalue weighted by molar-refractivity contribution is 6.36. The van der Waals surface area contributed by atoms with E-state index in [4.69, 9.17) is 21.6 Å². The standard InChI is InChI=1S/C14H13ClN2O4/c1-3-21-14(19)10-5-4-6-11(12(10)15)17-8-9(7-16)13(18)20-2/h4-6,8,17H,3H2,1-2H3. The van der Waals surface area contributed by atoms with Gasteiger partial charge in [0.1, 0.15) is 6.07 Å². The van der Waals surface area contributed by atoms with Crippen LogP contribution in [0.4, 0.5) is 5.69 Å². The fraction of sp³-hybridized carbons (Fsp3) is 0.214. The zero-order valence-electron chi connectivity index (χ0n) is 11.5. The Morgan fingerprint density at radius 2 is 2.19 bits per heavy atom. The fourth-order valence-electron chi connectivity index (χ4n) is 1.41. The Hall–Kier alpha value is -2.52. The zero-order chi connectivity index (χ0) is 15.8. The Morgan fingerprint density at radius 1 is 1.48 bits per heavy atom. The van der Waals surface area contributed by atoms with Crippen LogP contribution in [0.1, 0.15) is 17.3 Å². The minimum Gasteiger partial charge on any atom is -0.465 e. The summed E-state index contributed by atoms with van der Waals surface area (Å²) in [6.07, 6.45) is 1.15. The van der Waals surface area contributed by atoms with E-state index in [0.717, 1.165) is 6.20 Å². The first-order valence-electron chi connectivity index (χ1n) is 5.95. The Labute approximate surface area is 126 Å². The maximum Gasteiger partial charge on any atom is 0.350 e. The quantitative estimate of drug-likeness (QED) is 0.511. The lowest BCUT2D eigenvalue weighted by Crippen LogP contribution is -2.07. The molecule has 0 aliphatic carbocycles. The molecule has 0 fully saturated rings. The number of nitriles is 1. The summed E-state index contributed by atoms with van der Waals surface area (Å²) in [7, 11) is 1.17. The van der Waals surface area contributed by atoms with E-state index in [9.17, 15) is 9.59 Å². The second-order valence-corrected chi connectivity index (χ2v) is 4.07. The van der Waals surface area contributed by atoms with Crippen LogP contribution in [0, 0.1) is 11.3 Å². The number of benzene rings is 1. The minimum atomic E-state index is -0.775. The molecule has 21 heavy (non-hydrogen) atoms. The van der Waals surface area contributed by atoms with Gasteiger partial charge < -0.3 is 14.8 Å². The molecule has 1 N–H and O–H groups in total. The monoisotopic (exact) mass is 308 g/mol. The topological polar surface area (TPSA) is 88.4 Å². The van der Waals surface area contributed by atoms with E-state index in [0.29, 0.717) is 5.69 Å². The third-order valence-electron chi connectivity index (χ3n) is 2.39. The van der Waals surface area contributed by atoms with Crippen molar-refractivity contribution in [3.63, 3.8) is 0 Å². The maximum absolute atomic E-state index is 11.7. The van der Waals surface area contributed by atoms with Crippen molar-refractivity contribution in [2.45, 2.75) is 6.92 Å². The van der Waals surface area contributed by atoms with E-state index < -0.39 is 11.9 Å². The van der Waals surface area contributed by atoms with E-state index in [-0.39, 0.29) is 22.8 Å². The Kier molecular flexibility index (Phi) is 6.24. The fourth-order valence-corrected chi connectivity index (χ4v) is 1.66. The molecule has 0 aromatic heterocycles. The van der Waals surface area contributed by atoms with Crippen LogP contribution < -0.4 is 5.32 Å². The van der Waals surface area contributed by atoms with Crippen LogP contribution in [0.2, 0.25) is 5.02 Å². The van der Waals surface area contributed by atoms with Gasteiger partial charge >= 0.3 is 11.9 Å². The summed E-state index contributed by atoms with van der Waals surface area (Å²) in [6.45, 7) is 1.92. The minimum absolute atomic E-state index is 0.134. The second kappa shape index (κ2) is 7.92. The number of hydrogen-bond acceptors (Lipinski definition) is 6. The number of nitrogens with zero attached hydrogens (tertiary/aromatic N) is 1. The molecule has 0 aliphatic rings. The average Bonchev–Trinajstić information content (AvgIpc) is 2.49. The van der Waals surface area contributed by atoms with E-state index in [1.54, 1.807) is 25.1 Å². The number of rotatable bonds is 5. The van der Waals surface area contributed by atoms with Crippen molar-refractivity contribution >= 4 is 29.2 Å². The first kappa shape index (κ1) is 16.5. The molecule has 0 amide bonds. The van der Waals surface area contributed by atoms with E-state index in [1.807, 2.05) is 0 Å². The summed E-state index contributed by atoms with van der Waals surface area (Å²) >= 11 is 6.09. The summed E-state index contributed by atoms with van der Waals surface area (Å²) in [4.78, 5) is 22.9. The number of carbonyl (C=O) groups is 2. The number of carbonyl (C=O) groups excluding carboxylic acids is 2. The van der Waals surface area contributed by atoms with Crippen molar-refractivity contribution in [2.24, 2.45) is 0 Å². The normalized spacial score (nSPS) is 10.5. The number of nitrogens with one attached hydrogen (secondary N) is 1. The van der Waals surface area contributed by atoms with Crippen molar-refractivity contribution in [3.8, 4) is 6.07 Å². The molecule has 6 nitrogen and oxygen atoms in total. The molecule has 0 unspecified atom stereocenters. The molecule has 1 aromatic carbocycles. The molecule has 0 bridgehead atoms. The van der Waals surface area contributed by atoms with Crippen LogP contribution in [0.15, 0.2) is 30.0 Å². The van der Waals surface area contributed by atoms with Crippen LogP contribution in [-0.2, 0) is 14.3 Å². The van der Waals surface area contributed by atoms with E-state index in [1.165, 1.54) is 13.2 Å². The van der Waals surface area contributed by atoms with Crippen LogP contribution in [0.25, 0.3) is 0 Å². The predicted octanol–water partition coefficient (Wildman–Crippen LogP) is 2.51. The number of ether oxygens (including phenoxy) is 2. The molecule has 1 aromatic rings. The smallest absolute Gasteiger partial charge is 0.350 e. The van der Waals surface area contributed by atoms with Gasteiger partial charge in [0.15, 0.2) is 5.57 Å². The molecule has 7 heteroatoms. The highest BCUT2D eigenvalue weighted by atomic mass is 35.5. The van der Waals surface area contributed by atoms with Crippen LogP contribution in [0.3, 0.4) is 0 Å². The maximum atomic E-state index is 11.7. The van der Waals surface area contributed by atoms with Gasteiger partial charge in [0, 0.05) is 6.20 Å². The molecule has 0 atom stereocenters. The van der Waals surface area contributed by atoms with Crippen LogP contribution in [-0.4, -0.2) is 25.7 Å². The summed E-state index contributed by atoms with van der Waals surface area (Å²) in [5.74, 6) is -1.33. The molecular weight excluding hydrogens is 296 g/mol. The lowest BCUT2D eigenvalue weighted by Gasteiger charge is -2.09. The molecule has 110 valence electrons. The van der Waals surface area contributed by atoms with Gasteiger partial charge in [0.25, 0.3) is 0 Å². The van der Waals surface area contributed by atoms with Crippen LogP contribution in [0.5, 0.6) is 0 Å². The average molecular weight is 309 g/mol. The largest absolute Gasteiger partial charge is 0.465 e. The SMILES string of the molecule is CCOC(=O)c1cccc(NC=C(C#N)C(=O)OC)c1Cl. The molecular formula is C14H13ClN2O4. The summed E-state index contributed by atoms with van der Waals surface area (Å²) in [5, 5.41) is 11.6. The molecule has 0 spiro atoms. The van der Waals surface area contributed by atoms with E-state index >= 15 is 0 Å². The van der Waals surface area contributed by atoms with Crippen molar-refractivity contribution < 1.29 is 19.1 Å². The van der Waals surface area contributed by atoms with Gasteiger partial charge in [0.05, 0.1) is 30.0 Å². The summed E-state index contributed by atoms with van der Waals surface area (Å²) in [6, 6.07) is 6.39. The second-order valence-electron chi connectivity index (χ2n) is 3.69. The Balaban J connectivity index is 3.03. The first-order valence-corrected chi connectivity index (χ1v) is 6.33.